The van der Waals surface area contributed by atoms with Gasteiger partial charge in [0.15, 0.2) is 0 Å². The number of carbonyl (C=O) groups excluding carboxylic acids is 1. The van der Waals surface area contributed by atoms with E-state index in [0.29, 0.717) is 0 Å². The fourth-order valence-corrected chi connectivity index (χ4v) is 3.09. The number of allylic oxidation sites excluding steroid dienone is 2. The van der Waals surface area contributed by atoms with Crippen LogP contribution < -0.4 is 0 Å². The normalized spacial score (nSPS) is 35.5. The van der Waals surface area contributed by atoms with E-state index in [1.54, 1.807) is 0 Å². The molecule has 3 rings (SSSR count). The van der Waals surface area contributed by atoms with Crippen LogP contribution in [0.2, 0.25) is 0 Å². The largest absolute Gasteiger partial charge is 0.454 e. The molecule has 0 radical (unpaired) electrons. The lowest BCUT2D eigenvalue weighted by molar-refractivity contribution is -0.150. The molecular formula is C15H16O2. The Morgan fingerprint density at radius 2 is 1.88 bits per heavy atom. The topological polar surface area (TPSA) is 26.3 Å². The number of ether oxygens (including phenoxy) is 1. The number of carbonyl (C=O) groups is 1. The van der Waals surface area contributed by atoms with Crippen molar-refractivity contribution < 1.29 is 9.53 Å². The Kier molecular flexibility index (Phi) is 2.32. The van der Waals surface area contributed by atoms with Gasteiger partial charge >= 0.3 is 5.97 Å². The van der Waals surface area contributed by atoms with E-state index in [4.69, 9.17) is 4.74 Å². The Hall–Kier alpha value is -1.57. The summed E-state index contributed by atoms with van der Waals surface area (Å²) in [5, 5.41) is 0. The van der Waals surface area contributed by atoms with Crippen molar-refractivity contribution in [3.8, 4) is 0 Å². The highest BCUT2D eigenvalue weighted by molar-refractivity contribution is 5.77. The van der Waals surface area contributed by atoms with Crippen LogP contribution in [-0.4, -0.2) is 5.97 Å². The Morgan fingerprint density at radius 3 is 2.65 bits per heavy atom. The predicted octanol–water partition coefficient (Wildman–Crippen LogP) is 3.04. The summed E-state index contributed by atoms with van der Waals surface area (Å²) in [4.78, 5) is 11.9. The molecule has 1 aromatic rings. The first-order valence-electron chi connectivity index (χ1n) is 6.15. The Labute approximate surface area is 101 Å². The number of cyclic esters (lactones) is 1. The summed E-state index contributed by atoms with van der Waals surface area (Å²) in [5.41, 5.74) is 0.657. The van der Waals surface area contributed by atoms with E-state index in [0.717, 1.165) is 18.4 Å². The molecule has 0 amide bonds. The minimum atomic E-state index is -0.451. The second-order valence-corrected chi connectivity index (χ2v) is 5.05. The third kappa shape index (κ3) is 1.51. The van der Waals surface area contributed by atoms with Gasteiger partial charge in [0.25, 0.3) is 0 Å². The zero-order valence-electron chi connectivity index (χ0n) is 9.93. The fraction of sp³-hybridized carbons (Fsp3) is 0.400. The van der Waals surface area contributed by atoms with Gasteiger partial charge in [-0.2, -0.15) is 0 Å². The van der Waals surface area contributed by atoms with Crippen molar-refractivity contribution in [3.05, 3.63) is 48.0 Å². The van der Waals surface area contributed by atoms with Gasteiger partial charge in [0, 0.05) is 5.92 Å². The van der Waals surface area contributed by atoms with Gasteiger partial charge in [0.1, 0.15) is 5.60 Å². The molecule has 0 bridgehead atoms. The lowest BCUT2D eigenvalue weighted by Gasteiger charge is -2.32. The fourth-order valence-electron chi connectivity index (χ4n) is 3.09. The maximum atomic E-state index is 11.9. The first kappa shape index (κ1) is 10.6. The van der Waals surface area contributed by atoms with Crippen molar-refractivity contribution in [2.75, 3.05) is 0 Å². The van der Waals surface area contributed by atoms with Crippen LogP contribution in [0.15, 0.2) is 42.5 Å². The van der Waals surface area contributed by atoms with E-state index in [1.807, 2.05) is 37.3 Å². The maximum Gasteiger partial charge on any atom is 0.310 e. The van der Waals surface area contributed by atoms with Crippen molar-refractivity contribution in [2.45, 2.75) is 25.4 Å². The van der Waals surface area contributed by atoms with Gasteiger partial charge in [-0.15, -0.1) is 0 Å². The van der Waals surface area contributed by atoms with Crippen molar-refractivity contribution in [1.29, 1.82) is 0 Å². The second-order valence-electron chi connectivity index (χ2n) is 5.05. The molecule has 1 aliphatic carbocycles. The predicted molar refractivity (Wildman–Crippen MR) is 65.2 cm³/mol. The number of hydrogen-bond acceptors (Lipinski definition) is 2. The molecule has 17 heavy (non-hydrogen) atoms. The Balaban J connectivity index is 2.03. The summed E-state index contributed by atoms with van der Waals surface area (Å²) in [5.74, 6) is 0.290. The molecule has 0 spiro atoms. The lowest BCUT2D eigenvalue weighted by Crippen LogP contribution is -2.31. The SMILES string of the molecule is CC1(c2ccccc2)OC(=O)C2CC=CCC21. The molecule has 1 heterocycles. The molecule has 3 unspecified atom stereocenters. The van der Waals surface area contributed by atoms with Gasteiger partial charge in [-0.1, -0.05) is 42.5 Å². The summed E-state index contributed by atoms with van der Waals surface area (Å²) in [6, 6.07) is 10.1. The highest BCUT2D eigenvalue weighted by Gasteiger charge is 2.53. The number of esters is 1. The van der Waals surface area contributed by atoms with E-state index in [1.165, 1.54) is 0 Å². The highest BCUT2D eigenvalue weighted by Crippen LogP contribution is 2.49. The summed E-state index contributed by atoms with van der Waals surface area (Å²) in [6.45, 7) is 2.05. The molecule has 1 fully saturated rings. The second kappa shape index (κ2) is 3.73. The van der Waals surface area contributed by atoms with E-state index in [-0.39, 0.29) is 17.8 Å². The van der Waals surface area contributed by atoms with Gasteiger partial charge < -0.3 is 4.74 Å². The van der Waals surface area contributed by atoms with E-state index in [2.05, 4.69) is 12.2 Å². The van der Waals surface area contributed by atoms with E-state index >= 15 is 0 Å². The average Bonchev–Trinajstić information content (AvgIpc) is 2.65. The van der Waals surface area contributed by atoms with Crippen LogP contribution in [-0.2, 0) is 15.1 Å². The zero-order chi connectivity index (χ0) is 11.9. The monoisotopic (exact) mass is 228 g/mol. The number of fused-ring (bicyclic) bond motifs is 1. The molecule has 88 valence electrons. The molecule has 3 atom stereocenters. The molecule has 1 aliphatic heterocycles. The zero-order valence-corrected chi connectivity index (χ0v) is 9.93. The summed E-state index contributed by atoms with van der Waals surface area (Å²) < 4.78 is 5.70. The van der Waals surface area contributed by atoms with Gasteiger partial charge in [-0.25, -0.2) is 0 Å². The number of hydrogen-bond donors (Lipinski definition) is 0. The molecule has 1 saturated heterocycles. The summed E-state index contributed by atoms with van der Waals surface area (Å²) in [6.07, 6.45) is 6.03. The van der Waals surface area contributed by atoms with Crippen LogP contribution in [0.4, 0.5) is 0 Å². The molecule has 2 aliphatic rings. The minimum Gasteiger partial charge on any atom is -0.454 e. The van der Waals surface area contributed by atoms with Crippen molar-refractivity contribution in [2.24, 2.45) is 11.8 Å². The Morgan fingerprint density at radius 1 is 1.18 bits per heavy atom. The number of rotatable bonds is 1. The minimum absolute atomic E-state index is 0.0364. The third-order valence-corrected chi connectivity index (χ3v) is 4.10. The summed E-state index contributed by atoms with van der Waals surface area (Å²) >= 11 is 0. The molecular weight excluding hydrogens is 212 g/mol. The number of benzene rings is 1. The van der Waals surface area contributed by atoms with Crippen LogP contribution in [0, 0.1) is 11.8 Å². The molecule has 1 aromatic carbocycles. The standard InChI is InChI=1S/C15H16O2/c1-15(11-7-3-2-4-8-11)13-10-6-5-9-12(13)14(16)17-15/h2-8,12-13H,9-10H2,1H3. The lowest BCUT2D eigenvalue weighted by atomic mass is 9.73. The van der Waals surface area contributed by atoms with Gasteiger partial charge in [0.2, 0.25) is 0 Å². The van der Waals surface area contributed by atoms with E-state index in [9.17, 15) is 4.79 Å². The van der Waals surface area contributed by atoms with Crippen LogP contribution in [0.3, 0.4) is 0 Å². The smallest absolute Gasteiger partial charge is 0.310 e. The van der Waals surface area contributed by atoms with Crippen LogP contribution in [0.25, 0.3) is 0 Å². The van der Waals surface area contributed by atoms with Crippen LogP contribution >= 0.6 is 0 Å². The van der Waals surface area contributed by atoms with Crippen molar-refractivity contribution in [1.82, 2.24) is 0 Å². The van der Waals surface area contributed by atoms with Crippen LogP contribution in [0.1, 0.15) is 25.3 Å². The quantitative estimate of drug-likeness (QED) is 0.545. The first-order chi connectivity index (χ1) is 8.22. The van der Waals surface area contributed by atoms with Gasteiger partial charge in [-0.05, 0) is 25.3 Å². The van der Waals surface area contributed by atoms with Gasteiger partial charge in [0.05, 0.1) is 5.92 Å². The van der Waals surface area contributed by atoms with Gasteiger partial charge in [-0.3, -0.25) is 4.79 Å². The molecule has 2 nitrogen and oxygen atoms in total. The molecule has 2 heteroatoms. The van der Waals surface area contributed by atoms with E-state index < -0.39 is 5.60 Å². The Bertz CT molecular complexity index is 463. The first-order valence-corrected chi connectivity index (χ1v) is 6.15. The van der Waals surface area contributed by atoms with Crippen LogP contribution in [0.5, 0.6) is 0 Å². The maximum absolute atomic E-state index is 11.9. The average molecular weight is 228 g/mol. The molecule has 0 saturated carbocycles. The third-order valence-electron chi connectivity index (χ3n) is 4.10. The summed E-state index contributed by atoms with van der Waals surface area (Å²) in [7, 11) is 0. The highest BCUT2D eigenvalue weighted by atomic mass is 16.6. The molecule has 0 N–H and O–H groups in total. The molecule has 0 aromatic heterocycles. The van der Waals surface area contributed by atoms with Crippen molar-refractivity contribution >= 4 is 5.97 Å². The van der Waals surface area contributed by atoms with Crippen molar-refractivity contribution in [3.63, 3.8) is 0 Å².